The molecular weight excluding hydrogens is 289 g/mol. The summed E-state index contributed by atoms with van der Waals surface area (Å²) in [7, 11) is 1.75. The number of nitrogens with zero attached hydrogens (tertiary/aromatic N) is 3. The summed E-state index contributed by atoms with van der Waals surface area (Å²) in [5, 5.41) is 7.19. The number of nitrogens with one attached hydrogen (secondary N) is 1. The summed E-state index contributed by atoms with van der Waals surface area (Å²) in [6, 6.07) is 2.93. The normalized spacial score (nSPS) is 10.5. The van der Waals surface area contributed by atoms with Gasteiger partial charge in [0.15, 0.2) is 5.82 Å². The third-order valence-electron chi connectivity index (χ3n) is 2.37. The van der Waals surface area contributed by atoms with Gasteiger partial charge in [-0.2, -0.15) is 5.10 Å². The summed E-state index contributed by atoms with van der Waals surface area (Å²) >= 11 is 11.7. The van der Waals surface area contributed by atoms with Crippen molar-refractivity contribution in [2.75, 3.05) is 5.73 Å². The lowest BCUT2D eigenvalue weighted by atomic mass is 10.2. The van der Waals surface area contributed by atoms with Gasteiger partial charge in [0.1, 0.15) is 6.33 Å². The molecule has 0 atom stereocenters. The van der Waals surface area contributed by atoms with E-state index in [0.717, 1.165) is 0 Å². The average Bonchev–Trinajstić information content (AvgIpc) is 2.78. The molecule has 3 N–H and O–H groups in total. The molecule has 8 heteroatoms. The standard InChI is InChI=1S/C11H11Cl2N5O/c1-18-5-16-9(17-18)4-15-11(19)6-2-7(12)10(13)8(14)3-6/h2-3,5H,4,14H2,1H3,(H,15,19). The first-order valence-corrected chi connectivity index (χ1v) is 6.10. The fourth-order valence-corrected chi connectivity index (χ4v) is 1.80. The Balaban J connectivity index is 2.08. The van der Waals surface area contributed by atoms with Gasteiger partial charge in [-0.1, -0.05) is 23.2 Å². The predicted octanol–water partition coefficient (Wildman–Crippen LogP) is 1.63. The number of halogens is 2. The zero-order valence-corrected chi connectivity index (χ0v) is 11.5. The van der Waals surface area contributed by atoms with E-state index in [1.54, 1.807) is 18.1 Å². The Morgan fingerprint density at radius 1 is 1.47 bits per heavy atom. The molecule has 0 aliphatic rings. The number of aromatic nitrogens is 3. The number of benzene rings is 1. The highest BCUT2D eigenvalue weighted by Crippen LogP contribution is 2.29. The van der Waals surface area contributed by atoms with Gasteiger partial charge in [-0.15, -0.1) is 0 Å². The van der Waals surface area contributed by atoms with E-state index in [0.29, 0.717) is 11.4 Å². The lowest BCUT2D eigenvalue weighted by molar-refractivity contribution is 0.0950. The molecule has 100 valence electrons. The maximum Gasteiger partial charge on any atom is 0.251 e. The topological polar surface area (TPSA) is 85.8 Å². The van der Waals surface area contributed by atoms with Crippen LogP contribution >= 0.6 is 23.2 Å². The Labute approximate surface area is 119 Å². The third kappa shape index (κ3) is 3.15. The Morgan fingerprint density at radius 2 is 2.21 bits per heavy atom. The van der Waals surface area contributed by atoms with Gasteiger partial charge in [0.05, 0.1) is 22.3 Å². The van der Waals surface area contributed by atoms with E-state index >= 15 is 0 Å². The molecule has 0 saturated heterocycles. The molecule has 0 saturated carbocycles. The zero-order valence-electron chi connectivity index (χ0n) is 10.0. The van der Waals surface area contributed by atoms with Crippen molar-refractivity contribution in [3.05, 3.63) is 39.9 Å². The van der Waals surface area contributed by atoms with Crippen molar-refractivity contribution in [3.63, 3.8) is 0 Å². The summed E-state index contributed by atoms with van der Waals surface area (Å²) in [6.07, 6.45) is 1.55. The molecule has 6 nitrogen and oxygen atoms in total. The Morgan fingerprint density at radius 3 is 2.79 bits per heavy atom. The van der Waals surface area contributed by atoms with Crippen LogP contribution in [0.4, 0.5) is 5.69 Å². The third-order valence-corrected chi connectivity index (χ3v) is 3.19. The second-order valence-electron chi connectivity index (χ2n) is 3.88. The highest BCUT2D eigenvalue weighted by molar-refractivity contribution is 6.43. The number of anilines is 1. The number of hydrogen-bond donors (Lipinski definition) is 2. The van der Waals surface area contributed by atoms with Gasteiger partial charge in [-0.05, 0) is 12.1 Å². The van der Waals surface area contributed by atoms with E-state index < -0.39 is 0 Å². The summed E-state index contributed by atoms with van der Waals surface area (Å²) in [6.45, 7) is 0.222. The van der Waals surface area contributed by atoms with Crippen molar-refractivity contribution in [1.29, 1.82) is 0 Å². The number of nitrogen functional groups attached to an aromatic ring is 1. The van der Waals surface area contributed by atoms with Crippen LogP contribution in [0.25, 0.3) is 0 Å². The van der Waals surface area contributed by atoms with Crippen LogP contribution in [0.15, 0.2) is 18.5 Å². The van der Waals surface area contributed by atoms with Crippen molar-refractivity contribution in [3.8, 4) is 0 Å². The van der Waals surface area contributed by atoms with Crippen LogP contribution in [0.2, 0.25) is 10.0 Å². The fourth-order valence-electron chi connectivity index (χ4n) is 1.47. The number of carbonyl (C=O) groups excluding carboxylic acids is 1. The number of rotatable bonds is 3. The van der Waals surface area contributed by atoms with Gasteiger partial charge >= 0.3 is 0 Å². The summed E-state index contributed by atoms with van der Waals surface area (Å²) in [5.74, 6) is 0.196. The number of amides is 1. The summed E-state index contributed by atoms with van der Waals surface area (Å²) in [5.41, 5.74) is 6.24. The number of nitrogens with two attached hydrogens (primary N) is 1. The Kier molecular flexibility index (Phi) is 3.92. The lowest BCUT2D eigenvalue weighted by Gasteiger charge is -2.06. The molecule has 19 heavy (non-hydrogen) atoms. The van der Waals surface area contributed by atoms with Gasteiger partial charge in [0, 0.05) is 12.6 Å². The van der Waals surface area contributed by atoms with Crippen molar-refractivity contribution in [1.82, 2.24) is 20.1 Å². The monoisotopic (exact) mass is 299 g/mol. The van der Waals surface area contributed by atoms with Crippen molar-refractivity contribution >= 4 is 34.8 Å². The highest BCUT2D eigenvalue weighted by Gasteiger charge is 2.11. The van der Waals surface area contributed by atoms with Crippen LogP contribution in [-0.4, -0.2) is 20.7 Å². The van der Waals surface area contributed by atoms with Gasteiger partial charge in [-0.3, -0.25) is 9.48 Å². The molecule has 1 amide bonds. The first kappa shape index (κ1) is 13.6. The summed E-state index contributed by atoms with van der Waals surface area (Å²) < 4.78 is 1.55. The molecule has 2 rings (SSSR count). The maximum atomic E-state index is 11.9. The number of carbonyl (C=O) groups is 1. The molecule has 0 aliphatic heterocycles. The molecule has 0 aliphatic carbocycles. The molecule has 1 aromatic carbocycles. The van der Waals surface area contributed by atoms with E-state index in [-0.39, 0.29) is 28.2 Å². The maximum absolute atomic E-state index is 11.9. The smallest absolute Gasteiger partial charge is 0.251 e. The minimum absolute atomic E-state index is 0.222. The van der Waals surface area contributed by atoms with E-state index in [2.05, 4.69) is 15.4 Å². The van der Waals surface area contributed by atoms with E-state index in [9.17, 15) is 4.79 Å². The average molecular weight is 300 g/mol. The molecule has 0 unspecified atom stereocenters. The SMILES string of the molecule is Cn1cnc(CNC(=O)c2cc(N)c(Cl)c(Cl)c2)n1. The van der Waals surface area contributed by atoms with Crippen LogP contribution in [0.5, 0.6) is 0 Å². The van der Waals surface area contributed by atoms with E-state index in [1.807, 2.05) is 0 Å². The van der Waals surface area contributed by atoms with Gasteiger partial charge in [0.25, 0.3) is 5.91 Å². The molecular formula is C11H11Cl2N5O. The van der Waals surface area contributed by atoms with Crippen LogP contribution in [-0.2, 0) is 13.6 Å². The molecule has 0 spiro atoms. The highest BCUT2D eigenvalue weighted by atomic mass is 35.5. The first-order valence-electron chi connectivity index (χ1n) is 5.34. The van der Waals surface area contributed by atoms with E-state index in [4.69, 9.17) is 28.9 Å². The molecule has 0 fully saturated rings. The van der Waals surface area contributed by atoms with Gasteiger partial charge in [0.2, 0.25) is 0 Å². The Hall–Kier alpha value is -1.79. The fraction of sp³-hybridized carbons (Fsp3) is 0.182. The molecule has 2 aromatic rings. The van der Waals surface area contributed by atoms with Crippen LogP contribution < -0.4 is 11.1 Å². The van der Waals surface area contributed by atoms with Gasteiger partial charge < -0.3 is 11.1 Å². The second kappa shape index (κ2) is 5.46. The molecule has 0 radical (unpaired) electrons. The van der Waals surface area contributed by atoms with Crippen LogP contribution in [0.1, 0.15) is 16.2 Å². The zero-order chi connectivity index (χ0) is 14.0. The minimum atomic E-state index is -0.322. The van der Waals surface area contributed by atoms with Crippen molar-refractivity contribution in [2.45, 2.75) is 6.54 Å². The van der Waals surface area contributed by atoms with Crippen LogP contribution in [0.3, 0.4) is 0 Å². The molecule has 0 bridgehead atoms. The van der Waals surface area contributed by atoms with Crippen molar-refractivity contribution in [2.24, 2.45) is 7.05 Å². The molecule has 1 aromatic heterocycles. The second-order valence-corrected chi connectivity index (χ2v) is 4.66. The van der Waals surface area contributed by atoms with Crippen molar-refractivity contribution < 1.29 is 4.79 Å². The quantitative estimate of drug-likeness (QED) is 0.844. The Bertz CT molecular complexity index is 602. The first-order chi connectivity index (χ1) is 8.97. The number of aryl methyl sites for hydroxylation is 1. The minimum Gasteiger partial charge on any atom is -0.397 e. The van der Waals surface area contributed by atoms with E-state index in [1.165, 1.54) is 12.1 Å². The predicted molar refractivity (Wildman–Crippen MR) is 73.0 cm³/mol. The number of hydrogen-bond acceptors (Lipinski definition) is 4. The van der Waals surface area contributed by atoms with Crippen LogP contribution in [0, 0.1) is 0 Å². The molecule has 1 heterocycles. The van der Waals surface area contributed by atoms with Gasteiger partial charge in [-0.25, -0.2) is 4.98 Å². The summed E-state index contributed by atoms with van der Waals surface area (Å²) in [4.78, 5) is 15.9. The largest absolute Gasteiger partial charge is 0.397 e. The lowest BCUT2D eigenvalue weighted by Crippen LogP contribution is -2.23.